The third-order valence-corrected chi connectivity index (χ3v) is 9.42. The molecule has 12 heteroatoms. The first-order valence-electron chi connectivity index (χ1n) is 14.9. The number of hydrogen-bond donors (Lipinski definition) is 3. The first-order valence-corrected chi connectivity index (χ1v) is 16.6. The number of nitrogens with one attached hydrogen (secondary N) is 3. The van der Waals surface area contributed by atoms with Crippen molar-refractivity contribution in [1.82, 2.24) is 10.3 Å². The Bertz CT molecular complexity index is 1960. The Balaban J connectivity index is 1.33. The molecule has 0 radical (unpaired) electrons. The molecule has 0 saturated heterocycles. The largest absolute Gasteiger partial charge is 0.497 e. The molecule has 246 valence electrons. The second-order valence-corrected chi connectivity index (χ2v) is 12.6. The summed E-state index contributed by atoms with van der Waals surface area (Å²) in [7, 11) is 4.66. The lowest BCUT2D eigenvalue weighted by atomic mass is 10.1. The number of hydrogen-bond acceptors (Lipinski definition) is 9. The minimum atomic E-state index is -0.545. The van der Waals surface area contributed by atoms with Crippen LogP contribution in [-0.4, -0.2) is 49.3 Å². The lowest BCUT2D eigenvalue weighted by Crippen LogP contribution is -2.30. The summed E-state index contributed by atoms with van der Waals surface area (Å²) in [5, 5.41) is 8.67. The van der Waals surface area contributed by atoms with Crippen molar-refractivity contribution in [3.63, 3.8) is 0 Å². The van der Waals surface area contributed by atoms with Crippen molar-refractivity contribution in [1.29, 1.82) is 0 Å². The van der Waals surface area contributed by atoms with Gasteiger partial charge in [-0.3, -0.25) is 14.4 Å². The van der Waals surface area contributed by atoms with Gasteiger partial charge in [0.05, 0.1) is 36.8 Å². The first-order chi connectivity index (χ1) is 23.3. The van der Waals surface area contributed by atoms with E-state index >= 15 is 0 Å². The highest BCUT2D eigenvalue weighted by Crippen LogP contribution is 2.32. The van der Waals surface area contributed by atoms with E-state index < -0.39 is 17.1 Å². The minimum absolute atomic E-state index is 0.00430. The zero-order valence-electron chi connectivity index (χ0n) is 26.7. The van der Waals surface area contributed by atoms with Gasteiger partial charge in [0.2, 0.25) is 5.91 Å². The summed E-state index contributed by atoms with van der Waals surface area (Å²) in [5.74, 6) is 0.596. The van der Waals surface area contributed by atoms with Gasteiger partial charge in [-0.15, -0.1) is 11.8 Å². The normalized spacial score (nSPS) is 11.8. The Morgan fingerprint density at radius 1 is 0.854 bits per heavy atom. The maximum absolute atomic E-state index is 13.7. The van der Waals surface area contributed by atoms with Crippen molar-refractivity contribution in [2.45, 2.75) is 23.5 Å². The number of fused-ring (bicyclic) bond motifs is 1. The van der Waals surface area contributed by atoms with Gasteiger partial charge in [0.25, 0.3) is 11.8 Å². The van der Waals surface area contributed by atoms with Gasteiger partial charge in [-0.2, -0.15) is 0 Å². The molecule has 0 aliphatic carbocycles. The van der Waals surface area contributed by atoms with Crippen LogP contribution in [0.5, 0.6) is 17.2 Å². The lowest BCUT2D eigenvalue weighted by molar-refractivity contribution is -0.116. The topological polar surface area (TPSA) is 128 Å². The molecular formula is C36H34N4O6S2. The molecule has 0 spiro atoms. The van der Waals surface area contributed by atoms with Crippen molar-refractivity contribution < 1.29 is 28.6 Å². The number of amides is 3. The zero-order valence-corrected chi connectivity index (χ0v) is 28.4. The molecule has 1 unspecified atom stereocenters. The van der Waals surface area contributed by atoms with Crippen LogP contribution in [0.4, 0.5) is 10.8 Å². The number of carbonyl (C=O) groups is 3. The lowest BCUT2D eigenvalue weighted by Gasteiger charge is -2.15. The molecule has 10 nitrogen and oxygen atoms in total. The molecule has 3 amide bonds. The van der Waals surface area contributed by atoms with Crippen LogP contribution in [0.25, 0.3) is 16.3 Å². The second-order valence-electron chi connectivity index (χ2n) is 10.3. The maximum atomic E-state index is 13.7. The molecule has 3 N–H and O–H groups in total. The van der Waals surface area contributed by atoms with Gasteiger partial charge >= 0.3 is 0 Å². The average molecular weight is 683 g/mol. The van der Waals surface area contributed by atoms with Crippen LogP contribution < -0.4 is 30.2 Å². The summed E-state index contributed by atoms with van der Waals surface area (Å²) in [6.07, 6.45) is 2.11. The number of nitrogens with zero attached hydrogens (tertiary/aromatic N) is 1. The minimum Gasteiger partial charge on any atom is -0.497 e. The van der Waals surface area contributed by atoms with Crippen molar-refractivity contribution >= 4 is 67.9 Å². The molecule has 0 fully saturated rings. The molecule has 1 heterocycles. The van der Waals surface area contributed by atoms with Crippen molar-refractivity contribution in [2.24, 2.45) is 0 Å². The molecule has 0 saturated carbocycles. The number of benzene rings is 4. The fourth-order valence-electron chi connectivity index (χ4n) is 4.64. The van der Waals surface area contributed by atoms with Gasteiger partial charge in [0, 0.05) is 27.8 Å². The van der Waals surface area contributed by atoms with Crippen molar-refractivity contribution in [2.75, 3.05) is 32.0 Å². The zero-order chi connectivity index (χ0) is 34.0. The Hall–Kier alpha value is -5.33. The summed E-state index contributed by atoms with van der Waals surface area (Å²) >= 11 is 2.76. The van der Waals surface area contributed by atoms with Crippen LogP contribution in [0, 0.1) is 0 Å². The third kappa shape index (κ3) is 8.52. The highest BCUT2D eigenvalue weighted by atomic mass is 32.2. The van der Waals surface area contributed by atoms with Crippen LogP contribution >= 0.6 is 23.1 Å². The van der Waals surface area contributed by atoms with E-state index in [0.717, 1.165) is 20.9 Å². The van der Waals surface area contributed by atoms with Gasteiger partial charge < -0.3 is 30.2 Å². The average Bonchev–Trinajstić information content (AvgIpc) is 3.52. The summed E-state index contributed by atoms with van der Waals surface area (Å²) in [4.78, 5) is 45.4. The number of ether oxygens (including phenoxy) is 3. The van der Waals surface area contributed by atoms with E-state index in [-0.39, 0.29) is 11.6 Å². The quantitative estimate of drug-likeness (QED) is 0.0876. The molecule has 1 atom stereocenters. The highest BCUT2D eigenvalue weighted by molar-refractivity contribution is 8.00. The van der Waals surface area contributed by atoms with E-state index in [1.165, 1.54) is 30.2 Å². The number of aromatic nitrogens is 1. The molecule has 0 aliphatic heterocycles. The third-order valence-electron chi connectivity index (χ3n) is 7.13. The summed E-state index contributed by atoms with van der Waals surface area (Å²) in [6.45, 7) is 1.94. The van der Waals surface area contributed by atoms with Crippen LogP contribution in [0.15, 0.2) is 102 Å². The molecule has 0 aliphatic rings. The van der Waals surface area contributed by atoms with E-state index in [9.17, 15) is 14.4 Å². The fourth-order valence-corrected chi connectivity index (χ4v) is 6.55. The van der Waals surface area contributed by atoms with Crippen LogP contribution in [0.3, 0.4) is 0 Å². The Morgan fingerprint density at radius 2 is 1.60 bits per heavy atom. The maximum Gasteiger partial charge on any atom is 0.272 e. The molecular weight excluding hydrogens is 649 g/mol. The van der Waals surface area contributed by atoms with Gasteiger partial charge in [-0.05, 0) is 73.2 Å². The molecule has 4 aromatic carbocycles. The first kappa shape index (κ1) is 34.0. The molecule has 0 bridgehead atoms. The number of thiazole rings is 1. The monoisotopic (exact) mass is 682 g/mol. The second kappa shape index (κ2) is 16.0. The van der Waals surface area contributed by atoms with E-state index in [0.29, 0.717) is 39.9 Å². The summed E-state index contributed by atoms with van der Waals surface area (Å²) in [6, 6.07) is 26.5. The van der Waals surface area contributed by atoms with Gasteiger partial charge in [-0.1, -0.05) is 42.5 Å². The van der Waals surface area contributed by atoms with Crippen LogP contribution in [-0.2, 0) is 9.59 Å². The van der Waals surface area contributed by atoms with Gasteiger partial charge in [-0.25, -0.2) is 4.98 Å². The predicted molar refractivity (Wildman–Crippen MR) is 191 cm³/mol. The van der Waals surface area contributed by atoms with E-state index in [2.05, 4.69) is 20.9 Å². The predicted octanol–water partition coefficient (Wildman–Crippen LogP) is 7.24. The summed E-state index contributed by atoms with van der Waals surface area (Å²) < 4.78 is 17.0. The van der Waals surface area contributed by atoms with E-state index in [1.54, 1.807) is 87.0 Å². The number of carbonyl (C=O) groups excluding carboxylic acids is 3. The molecule has 5 rings (SSSR count). The van der Waals surface area contributed by atoms with Gasteiger partial charge in [0.15, 0.2) is 5.13 Å². The Morgan fingerprint density at radius 3 is 2.33 bits per heavy atom. The van der Waals surface area contributed by atoms with Crippen molar-refractivity contribution in [3.05, 3.63) is 108 Å². The van der Waals surface area contributed by atoms with Gasteiger partial charge in [0.1, 0.15) is 22.9 Å². The number of anilines is 2. The highest BCUT2D eigenvalue weighted by Gasteiger charge is 2.21. The van der Waals surface area contributed by atoms with Crippen LogP contribution in [0.1, 0.15) is 29.3 Å². The fraction of sp³-hybridized carbons (Fsp3) is 0.167. The van der Waals surface area contributed by atoms with E-state index in [4.69, 9.17) is 14.2 Å². The standard InChI is InChI=1S/C36H34N4O6S2/c1-5-31(35(43)40-36-39-28-17-16-26(45-3)21-32(28)48-36)47-27-13-9-12-24(19-27)37-34(42)29(38-33(41)22-10-7-6-8-11-22)18-23-14-15-25(44-2)20-30(23)46-4/h6-21,31H,5H2,1-4H3,(H,37,42)(H,38,41)(H,39,40,43)/b29-18+. The smallest absolute Gasteiger partial charge is 0.272 e. The molecule has 1 aromatic heterocycles. The Kier molecular flexibility index (Phi) is 11.3. The number of thioether (sulfide) groups is 1. The van der Waals surface area contributed by atoms with Crippen LogP contribution in [0.2, 0.25) is 0 Å². The molecule has 5 aromatic rings. The number of rotatable bonds is 13. The summed E-state index contributed by atoms with van der Waals surface area (Å²) in [5.41, 5.74) is 2.22. The molecule has 48 heavy (non-hydrogen) atoms. The van der Waals surface area contributed by atoms with E-state index in [1.807, 2.05) is 31.2 Å². The Labute approximate surface area is 286 Å². The SMILES string of the molecule is CCC(Sc1cccc(NC(=O)/C(=C\c2ccc(OC)cc2OC)NC(=O)c2ccccc2)c1)C(=O)Nc1nc2ccc(OC)cc2s1. The van der Waals surface area contributed by atoms with Crippen molar-refractivity contribution in [3.8, 4) is 17.2 Å². The number of methoxy groups -OCH3 is 3.